The maximum absolute atomic E-state index is 13.1. The summed E-state index contributed by atoms with van der Waals surface area (Å²) in [5, 5.41) is 15.7. The third-order valence-electron chi connectivity index (χ3n) is 4.51. The van der Waals surface area contributed by atoms with Gasteiger partial charge in [0.25, 0.3) is 5.69 Å². The van der Waals surface area contributed by atoms with Crippen LogP contribution in [0, 0.1) is 24.0 Å². The van der Waals surface area contributed by atoms with Gasteiger partial charge in [0.2, 0.25) is 11.7 Å². The van der Waals surface area contributed by atoms with Gasteiger partial charge in [-0.1, -0.05) is 41.4 Å². The van der Waals surface area contributed by atoms with Gasteiger partial charge in [0.1, 0.15) is 11.1 Å². The summed E-state index contributed by atoms with van der Waals surface area (Å²) in [6.07, 6.45) is 0. The molecule has 0 aliphatic heterocycles. The lowest BCUT2D eigenvalue weighted by Crippen LogP contribution is -2.15. The molecule has 3 aromatic rings. The number of nitro groups is 1. The summed E-state index contributed by atoms with van der Waals surface area (Å²) in [5.74, 6) is -0.853. The molecule has 30 heavy (non-hydrogen) atoms. The minimum atomic E-state index is -0.674. The minimum absolute atomic E-state index is 0.0552. The molecule has 0 bridgehead atoms. The van der Waals surface area contributed by atoms with Crippen LogP contribution in [-0.2, 0) is 7.05 Å². The Kier molecular flexibility index (Phi) is 5.98. The van der Waals surface area contributed by atoms with Crippen LogP contribution in [0.25, 0.3) is 0 Å². The monoisotopic (exact) mass is 427 g/mol. The van der Waals surface area contributed by atoms with E-state index in [2.05, 4.69) is 5.10 Å². The number of hydrogen-bond donors (Lipinski definition) is 0. The van der Waals surface area contributed by atoms with E-state index in [-0.39, 0.29) is 34.4 Å². The van der Waals surface area contributed by atoms with Gasteiger partial charge in [-0.05, 0) is 26.0 Å². The SMILES string of the molecule is Cc1ccc(C(=O)COc2c(C(=O)c3ccc(Cl)cc3[N+](=O)[O-])c(C)nn2C)cc1. The molecule has 0 atom stereocenters. The maximum atomic E-state index is 13.1. The van der Waals surface area contributed by atoms with Crippen LogP contribution in [-0.4, -0.2) is 32.9 Å². The first-order chi connectivity index (χ1) is 14.2. The maximum Gasteiger partial charge on any atom is 0.282 e. The second-order valence-electron chi connectivity index (χ2n) is 6.71. The number of halogens is 1. The number of hydrogen-bond acceptors (Lipinski definition) is 6. The van der Waals surface area contributed by atoms with E-state index in [1.54, 1.807) is 26.1 Å². The Morgan fingerprint density at radius 3 is 2.47 bits per heavy atom. The Bertz CT molecular complexity index is 1150. The zero-order valence-corrected chi connectivity index (χ0v) is 17.3. The van der Waals surface area contributed by atoms with E-state index in [1.807, 2.05) is 19.1 Å². The third-order valence-corrected chi connectivity index (χ3v) is 4.75. The van der Waals surface area contributed by atoms with Crippen molar-refractivity contribution in [2.75, 3.05) is 6.61 Å². The molecule has 0 fully saturated rings. The lowest BCUT2D eigenvalue weighted by Gasteiger charge is -2.09. The van der Waals surface area contributed by atoms with Gasteiger partial charge < -0.3 is 4.74 Å². The number of ketones is 2. The quantitative estimate of drug-likeness (QED) is 0.319. The van der Waals surface area contributed by atoms with Gasteiger partial charge in [-0.15, -0.1) is 0 Å². The topological polar surface area (TPSA) is 104 Å². The van der Waals surface area contributed by atoms with Gasteiger partial charge >= 0.3 is 0 Å². The van der Waals surface area contributed by atoms with Crippen molar-refractivity contribution >= 4 is 28.9 Å². The normalized spacial score (nSPS) is 10.7. The molecule has 2 aromatic carbocycles. The smallest absolute Gasteiger partial charge is 0.282 e. The molecule has 3 rings (SSSR count). The number of nitrogens with zero attached hydrogens (tertiary/aromatic N) is 3. The van der Waals surface area contributed by atoms with Crippen molar-refractivity contribution in [1.82, 2.24) is 9.78 Å². The molecule has 0 spiro atoms. The van der Waals surface area contributed by atoms with Crippen molar-refractivity contribution in [2.24, 2.45) is 7.05 Å². The molecule has 1 aromatic heterocycles. The summed E-state index contributed by atoms with van der Waals surface area (Å²) >= 11 is 5.84. The Morgan fingerprint density at radius 2 is 1.83 bits per heavy atom. The fourth-order valence-electron chi connectivity index (χ4n) is 3.00. The zero-order valence-electron chi connectivity index (χ0n) is 16.5. The van der Waals surface area contributed by atoms with Gasteiger partial charge in [0, 0.05) is 23.7 Å². The highest BCUT2D eigenvalue weighted by atomic mass is 35.5. The molecule has 1 heterocycles. The molecule has 0 aliphatic carbocycles. The fourth-order valence-corrected chi connectivity index (χ4v) is 3.17. The average molecular weight is 428 g/mol. The van der Waals surface area contributed by atoms with Crippen molar-refractivity contribution in [3.05, 3.63) is 85.5 Å². The number of ether oxygens (including phenoxy) is 1. The summed E-state index contributed by atoms with van der Waals surface area (Å²) < 4.78 is 6.96. The Hall–Kier alpha value is -3.52. The summed E-state index contributed by atoms with van der Waals surface area (Å²) in [5.41, 5.74) is 1.31. The number of rotatable bonds is 7. The lowest BCUT2D eigenvalue weighted by atomic mass is 10.0. The standard InChI is InChI=1S/C21H18ClN3O5/c1-12-4-6-14(7-5-12)18(26)11-30-21-19(13(2)23-24(21)3)20(27)16-9-8-15(22)10-17(16)25(28)29/h4-10H,11H2,1-3H3. The number of benzene rings is 2. The molecule has 0 amide bonds. The number of nitro benzene ring substituents is 1. The molecule has 154 valence electrons. The molecule has 0 saturated carbocycles. The largest absolute Gasteiger partial charge is 0.469 e. The van der Waals surface area contributed by atoms with Crippen molar-refractivity contribution < 1.29 is 19.2 Å². The molecule has 9 heteroatoms. The molecule has 0 unspecified atom stereocenters. The van der Waals surface area contributed by atoms with Crippen molar-refractivity contribution in [1.29, 1.82) is 0 Å². The molecule has 0 aliphatic rings. The highest BCUT2D eigenvalue weighted by molar-refractivity contribution is 6.31. The van der Waals surface area contributed by atoms with Gasteiger partial charge in [0.15, 0.2) is 12.4 Å². The number of Topliss-reactive ketones (excluding diaryl/α,β-unsaturated/α-hetero) is 1. The van der Waals surface area contributed by atoms with Crippen molar-refractivity contribution in [3.63, 3.8) is 0 Å². The molecule has 0 N–H and O–H groups in total. The number of aryl methyl sites for hydroxylation is 3. The molecule has 8 nitrogen and oxygen atoms in total. The first kappa shape index (κ1) is 21.2. The van der Waals surface area contributed by atoms with Gasteiger partial charge in [-0.3, -0.25) is 19.7 Å². The van der Waals surface area contributed by atoms with E-state index in [0.717, 1.165) is 11.6 Å². The predicted octanol–water partition coefficient (Wildman–Crippen LogP) is 4.09. The van der Waals surface area contributed by atoms with Crippen LogP contribution in [0.1, 0.15) is 37.5 Å². The van der Waals surface area contributed by atoms with E-state index in [9.17, 15) is 19.7 Å². The first-order valence-electron chi connectivity index (χ1n) is 8.94. The first-order valence-corrected chi connectivity index (χ1v) is 9.31. The number of carbonyl (C=O) groups excluding carboxylic acids is 2. The van der Waals surface area contributed by atoms with Crippen LogP contribution in [0.4, 0.5) is 5.69 Å². The average Bonchev–Trinajstić information content (AvgIpc) is 2.98. The van der Waals surface area contributed by atoms with Crippen molar-refractivity contribution in [2.45, 2.75) is 13.8 Å². The van der Waals surface area contributed by atoms with E-state index in [4.69, 9.17) is 16.3 Å². The molecular weight excluding hydrogens is 410 g/mol. The van der Waals surface area contributed by atoms with E-state index in [0.29, 0.717) is 11.3 Å². The molecular formula is C21H18ClN3O5. The summed E-state index contributed by atoms with van der Waals surface area (Å²) in [6.45, 7) is 3.19. The summed E-state index contributed by atoms with van der Waals surface area (Å²) in [6, 6.07) is 10.8. The van der Waals surface area contributed by atoms with Gasteiger partial charge in [-0.2, -0.15) is 5.10 Å². The molecule has 0 radical (unpaired) electrons. The van der Waals surface area contributed by atoms with Crippen LogP contribution in [0.15, 0.2) is 42.5 Å². The summed E-state index contributed by atoms with van der Waals surface area (Å²) in [4.78, 5) is 36.3. The van der Waals surface area contributed by atoms with E-state index < -0.39 is 16.4 Å². The zero-order chi connectivity index (χ0) is 22.0. The Morgan fingerprint density at radius 1 is 1.17 bits per heavy atom. The Balaban J connectivity index is 1.92. The number of carbonyl (C=O) groups is 2. The molecule has 0 saturated heterocycles. The van der Waals surface area contributed by atoms with Gasteiger partial charge in [-0.25, -0.2) is 4.68 Å². The lowest BCUT2D eigenvalue weighted by molar-refractivity contribution is -0.385. The van der Waals surface area contributed by atoms with Crippen LogP contribution in [0.5, 0.6) is 5.88 Å². The third kappa shape index (κ3) is 4.23. The highest BCUT2D eigenvalue weighted by Crippen LogP contribution is 2.30. The summed E-state index contributed by atoms with van der Waals surface area (Å²) in [7, 11) is 1.56. The van der Waals surface area contributed by atoms with Gasteiger partial charge in [0.05, 0.1) is 10.6 Å². The van der Waals surface area contributed by atoms with E-state index >= 15 is 0 Å². The minimum Gasteiger partial charge on any atom is -0.469 e. The van der Waals surface area contributed by atoms with Crippen LogP contribution in [0.2, 0.25) is 5.02 Å². The fraction of sp³-hybridized carbons (Fsp3) is 0.190. The second-order valence-corrected chi connectivity index (χ2v) is 7.15. The highest BCUT2D eigenvalue weighted by Gasteiger charge is 2.29. The number of aromatic nitrogens is 2. The predicted molar refractivity (Wildman–Crippen MR) is 110 cm³/mol. The Labute approximate surface area is 177 Å². The van der Waals surface area contributed by atoms with Crippen LogP contribution < -0.4 is 4.74 Å². The van der Waals surface area contributed by atoms with Crippen LogP contribution >= 0.6 is 11.6 Å². The second kappa shape index (κ2) is 8.46. The van der Waals surface area contributed by atoms with Crippen molar-refractivity contribution in [3.8, 4) is 5.88 Å². The van der Waals surface area contributed by atoms with E-state index in [1.165, 1.54) is 16.8 Å². The van der Waals surface area contributed by atoms with Crippen LogP contribution in [0.3, 0.4) is 0 Å².